The number of nitrogens with zero attached hydrogens (tertiary/aromatic N) is 1. The van der Waals surface area contributed by atoms with E-state index in [0.29, 0.717) is 18.3 Å². The van der Waals surface area contributed by atoms with Gasteiger partial charge in [-0.25, -0.2) is 8.42 Å². The van der Waals surface area contributed by atoms with E-state index in [2.05, 4.69) is 22.4 Å². The number of guanidine groups is 1. The summed E-state index contributed by atoms with van der Waals surface area (Å²) in [5.41, 5.74) is 7.06. The Balaban J connectivity index is 0.00000242. The minimum Gasteiger partial charge on any atom is -0.370 e. The van der Waals surface area contributed by atoms with Gasteiger partial charge in [0.25, 0.3) is 0 Å². The number of nitrogens with one attached hydrogen (secondary N) is 1. The van der Waals surface area contributed by atoms with Gasteiger partial charge in [-0.05, 0) is 30.7 Å². The molecule has 1 unspecified atom stereocenters. The van der Waals surface area contributed by atoms with Crippen LogP contribution in [0.5, 0.6) is 0 Å². The van der Waals surface area contributed by atoms with Crippen molar-refractivity contribution >= 4 is 39.8 Å². The van der Waals surface area contributed by atoms with Crippen LogP contribution in [0.15, 0.2) is 35.3 Å². The first-order valence-corrected chi connectivity index (χ1v) is 9.15. The number of halogens is 1. The summed E-state index contributed by atoms with van der Waals surface area (Å²) in [5, 5.41) is 3.07. The summed E-state index contributed by atoms with van der Waals surface area (Å²) in [4.78, 5) is 4.26. The number of hydrogen-bond donors (Lipinski definition) is 2. The van der Waals surface area contributed by atoms with Crippen molar-refractivity contribution < 1.29 is 8.42 Å². The zero-order chi connectivity index (χ0) is 15.1. The lowest BCUT2D eigenvalue weighted by Gasteiger charge is -2.20. The number of nitrogens with two attached hydrogens (primary N) is 1. The zero-order valence-corrected chi connectivity index (χ0v) is 15.7. The molecule has 22 heavy (non-hydrogen) atoms. The fourth-order valence-electron chi connectivity index (χ4n) is 2.52. The predicted octanol–water partition coefficient (Wildman–Crippen LogP) is 1.58. The molecule has 3 N–H and O–H groups in total. The lowest BCUT2D eigenvalue weighted by molar-refractivity contribution is 0.493. The average molecular weight is 437 g/mol. The molecule has 1 aromatic rings. The summed E-state index contributed by atoms with van der Waals surface area (Å²) in [5.74, 6) is 1.07. The largest absolute Gasteiger partial charge is 0.370 e. The molecule has 1 aromatic carbocycles. The van der Waals surface area contributed by atoms with Gasteiger partial charge in [0.2, 0.25) is 0 Å². The monoisotopic (exact) mass is 437 g/mol. The molecule has 0 bridgehead atoms. The van der Waals surface area contributed by atoms with Gasteiger partial charge in [-0.1, -0.05) is 30.3 Å². The maximum absolute atomic E-state index is 11.5. The predicted molar refractivity (Wildman–Crippen MR) is 101 cm³/mol. The molecule has 2 rings (SSSR count). The number of rotatable bonds is 5. The standard InChI is InChI=1S/C15H23N3O2S.HI/c16-15(17-9-8-13-5-2-1-3-6-13)18-11-14-7-4-10-21(19,20)12-14;/h1-3,5-6,14H,4,7-12H2,(H3,16,17,18);1H. The molecule has 1 aliphatic rings. The van der Waals surface area contributed by atoms with E-state index in [9.17, 15) is 8.42 Å². The molecule has 7 heteroatoms. The number of hydrogen-bond acceptors (Lipinski definition) is 3. The number of sulfone groups is 1. The number of aliphatic imine (C=N–C) groups is 1. The van der Waals surface area contributed by atoms with E-state index in [-0.39, 0.29) is 35.6 Å². The Morgan fingerprint density at radius 3 is 2.73 bits per heavy atom. The Hall–Kier alpha value is -0.830. The highest BCUT2D eigenvalue weighted by atomic mass is 127. The first-order chi connectivity index (χ1) is 10.1. The fourth-order valence-corrected chi connectivity index (χ4v) is 4.29. The second-order valence-corrected chi connectivity index (χ2v) is 7.74. The third kappa shape index (κ3) is 6.95. The van der Waals surface area contributed by atoms with Gasteiger partial charge in [0.1, 0.15) is 0 Å². The van der Waals surface area contributed by atoms with Crippen molar-refractivity contribution in [1.29, 1.82) is 0 Å². The van der Waals surface area contributed by atoms with E-state index in [0.717, 1.165) is 25.8 Å². The average Bonchev–Trinajstić information content (AvgIpc) is 2.45. The smallest absolute Gasteiger partial charge is 0.188 e. The molecule has 1 fully saturated rings. The van der Waals surface area contributed by atoms with E-state index in [4.69, 9.17) is 5.73 Å². The Morgan fingerprint density at radius 1 is 1.32 bits per heavy atom. The lowest BCUT2D eigenvalue weighted by atomic mass is 10.1. The summed E-state index contributed by atoms with van der Waals surface area (Å²) in [7, 11) is -2.86. The van der Waals surface area contributed by atoms with Crippen molar-refractivity contribution in [3.05, 3.63) is 35.9 Å². The SMILES string of the molecule is I.NC(=NCC1CCCS(=O)(=O)C1)NCCc1ccccc1. The van der Waals surface area contributed by atoms with Crippen LogP contribution >= 0.6 is 24.0 Å². The van der Waals surface area contributed by atoms with Gasteiger partial charge in [-0.15, -0.1) is 24.0 Å². The maximum atomic E-state index is 11.5. The van der Waals surface area contributed by atoms with Gasteiger partial charge >= 0.3 is 0 Å². The van der Waals surface area contributed by atoms with Gasteiger partial charge < -0.3 is 11.1 Å². The maximum Gasteiger partial charge on any atom is 0.188 e. The zero-order valence-electron chi connectivity index (χ0n) is 12.6. The molecular weight excluding hydrogens is 413 g/mol. The molecule has 124 valence electrons. The molecule has 1 heterocycles. The van der Waals surface area contributed by atoms with Crippen LogP contribution in [-0.4, -0.2) is 39.0 Å². The Bertz CT molecular complexity index is 576. The highest BCUT2D eigenvalue weighted by molar-refractivity contribution is 14.0. The van der Waals surface area contributed by atoms with Crippen molar-refractivity contribution in [3.8, 4) is 0 Å². The van der Waals surface area contributed by atoms with Crippen LogP contribution in [0.4, 0.5) is 0 Å². The van der Waals surface area contributed by atoms with Gasteiger partial charge in [0.05, 0.1) is 11.5 Å². The molecule has 5 nitrogen and oxygen atoms in total. The third-order valence-corrected chi connectivity index (χ3v) is 5.53. The Morgan fingerprint density at radius 2 is 2.05 bits per heavy atom. The van der Waals surface area contributed by atoms with Gasteiger partial charge in [0.15, 0.2) is 15.8 Å². The van der Waals surface area contributed by atoms with Crippen LogP contribution in [0.3, 0.4) is 0 Å². The first-order valence-electron chi connectivity index (χ1n) is 7.33. The van der Waals surface area contributed by atoms with E-state index < -0.39 is 9.84 Å². The molecule has 0 spiro atoms. The molecular formula is C15H24IN3O2S. The van der Waals surface area contributed by atoms with Crippen molar-refractivity contribution in [2.24, 2.45) is 16.6 Å². The summed E-state index contributed by atoms with van der Waals surface area (Å²) in [6.45, 7) is 1.21. The van der Waals surface area contributed by atoms with Crippen molar-refractivity contribution in [2.75, 3.05) is 24.6 Å². The highest BCUT2D eigenvalue weighted by Crippen LogP contribution is 2.18. The van der Waals surface area contributed by atoms with Crippen LogP contribution in [0.2, 0.25) is 0 Å². The van der Waals surface area contributed by atoms with Crippen LogP contribution in [0.25, 0.3) is 0 Å². The quantitative estimate of drug-likeness (QED) is 0.416. The third-order valence-electron chi connectivity index (χ3n) is 3.64. The van der Waals surface area contributed by atoms with E-state index >= 15 is 0 Å². The summed E-state index contributed by atoms with van der Waals surface area (Å²) in [6, 6.07) is 10.2. The Kier molecular flexibility index (Phi) is 8.16. The summed E-state index contributed by atoms with van der Waals surface area (Å²) >= 11 is 0. The second-order valence-electron chi connectivity index (χ2n) is 5.51. The van der Waals surface area contributed by atoms with Crippen molar-refractivity contribution in [1.82, 2.24) is 5.32 Å². The van der Waals surface area contributed by atoms with Crippen LogP contribution in [0, 0.1) is 5.92 Å². The minimum absolute atomic E-state index is 0. The topological polar surface area (TPSA) is 84.5 Å². The normalized spacial score (nSPS) is 20.9. The second kappa shape index (κ2) is 9.34. The van der Waals surface area contributed by atoms with Crippen molar-refractivity contribution in [3.63, 3.8) is 0 Å². The molecule has 0 saturated carbocycles. The van der Waals surface area contributed by atoms with Gasteiger partial charge in [0, 0.05) is 13.1 Å². The van der Waals surface area contributed by atoms with Crippen LogP contribution in [0.1, 0.15) is 18.4 Å². The number of benzene rings is 1. The summed E-state index contributed by atoms with van der Waals surface area (Å²) in [6.07, 6.45) is 2.54. The van der Waals surface area contributed by atoms with E-state index in [1.807, 2.05) is 18.2 Å². The van der Waals surface area contributed by atoms with E-state index in [1.165, 1.54) is 5.56 Å². The molecule has 0 radical (unpaired) electrons. The minimum atomic E-state index is -2.86. The van der Waals surface area contributed by atoms with E-state index in [1.54, 1.807) is 0 Å². The van der Waals surface area contributed by atoms with Crippen molar-refractivity contribution in [2.45, 2.75) is 19.3 Å². The lowest BCUT2D eigenvalue weighted by Crippen LogP contribution is -2.34. The van der Waals surface area contributed by atoms with Crippen LogP contribution < -0.4 is 11.1 Å². The highest BCUT2D eigenvalue weighted by Gasteiger charge is 2.24. The van der Waals surface area contributed by atoms with Gasteiger partial charge in [-0.3, -0.25) is 4.99 Å². The molecule has 1 atom stereocenters. The van der Waals surface area contributed by atoms with Crippen LogP contribution in [-0.2, 0) is 16.3 Å². The van der Waals surface area contributed by atoms with Gasteiger partial charge in [-0.2, -0.15) is 0 Å². The summed E-state index contributed by atoms with van der Waals surface area (Å²) < 4.78 is 23.1. The first kappa shape index (κ1) is 19.2. The fraction of sp³-hybridized carbons (Fsp3) is 0.533. The molecule has 1 aliphatic heterocycles. The molecule has 1 saturated heterocycles. The molecule has 0 aromatic heterocycles. The Labute approximate surface area is 149 Å². The molecule has 0 amide bonds. The molecule has 0 aliphatic carbocycles.